The maximum Gasteiger partial charge on any atom is 0.305 e. The molecular weight excluding hydrogens is 263 g/mol. The summed E-state index contributed by atoms with van der Waals surface area (Å²) in [5, 5.41) is 8.73. The van der Waals surface area contributed by atoms with E-state index in [4.69, 9.17) is 5.11 Å². The molecule has 0 spiro atoms. The minimum Gasteiger partial charge on any atom is -0.481 e. The van der Waals surface area contributed by atoms with Crippen molar-refractivity contribution in [2.75, 3.05) is 33.7 Å². The van der Waals surface area contributed by atoms with Gasteiger partial charge in [0.1, 0.15) is 5.82 Å². The Morgan fingerprint density at radius 2 is 1.90 bits per heavy atom. The highest BCUT2D eigenvalue weighted by Gasteiger charge is 2.17. The van der Waals surface area contributed by atoms with E-state index in [-0.39, 0.29) is 24.4 Å². The van der Waals surface area contributed by atoms with Gasteiger partial charge >= 0.3 is 5.97 Å². The van der Waals surface area contributed by atoms with Crippen LogP contribution in [0.4, 0.5) is 4.39 Å². The number of aliphatic carboxylic acids is 1. The second kappa shape index (κ2) is 7.59. The summed E-state index contributed by atoms with van der Waals surface area (Å²) in [6, 6.07) is 5.41. The molecule has 0 radical (unpaired) electrons. The molecule has 0 aliphatic heterocycles. The fourth-order valence-corrected chi connectivity index (χ4v) is 1.67. The van der Waals surface area contributed by atoms with E-state index in [0.717, 1.165) is 6.07 Å². The predicted octanol–water partition coefficient (Wildman–Crippen LogP) is 1.30. The van der Waals surface area contributed by atoms with Crippen LogP contribution in [-0.2, 0) is 4.79 Å². The molecule has 0 aliphatic carbocycles. The summed E-state index contributed by atoms with van der Waals surface area (Å²) >= 11 is 0. The van der Waals surface area contributed by atoms with E-state index in [1.807, 2.05) is 19.0 Å². The maximum atomic E-state index is 13.1. The molecule has 20 heavy (non-hydrogen) atoms. The normalized spacial score (nSPS) is 10.6. The van der Waals surface area contributed by atoms with Crippen molar-refractivity contribution < 1.29 is 19.1 Å². The summed E-state index contributed by atoms with van der Waals surface area (Å²) in [6.45, 7) is 1.12. The Morgan fingerprint density at radius 3 is 2.45 bits per heavy atom. The fraction of sp³-hybridized carbons (Fsp3) is 0.429. The van der Waals surface area contributed by atoms with Crippen molar-refractivity contribution in [3.8, 4) is 0 Å². The summed E-state index contributed by atoms with van der Waals surface area (Å²) in [4.78, 5) is 26.2. The van der Waals surface area contributed by atoms with Crippen LogP contribution in [0.25, 0.3) is 0 Å². The number of carbonyl (C=O) groups excluding carboxylic acids is 1. The Labute approximate surface area is 117 Å². The standard InChI is InChI=1S/C14H19FN2O3/c1-16(2)8-9-17(7-6-13(18)19)14(20)11-4-3-5-12(15)10-11/h3-5,10H,6-9H2,1-2H3,(H,18,19). The van der Waals surface area contributed by atoms with Crippen LogP contribution >= 0.6 is 0 Å². The van der Waals surface area contributed by atoms with Crippen LogP contribution in [0.15, 0.2) is 24.3 Å². The van der Waals surface area contributed by atoms with E-state index < -0.39 is 11.8 Å². The Kier molecular flexibility index (Phi) is 6.11. The van der Waals surface area contributed by atoms with Crippen LogP contribution < -0.4 is 0 Å². The van der Waals surface area contributed by atoms with E-state index in [0.29, 0.717) is 13.1 Å². The molecule has 0 saturated heterocycles. The summed E-state index contributed by atoms with van der Waals surface area (Å²) in [7, 11) is 3.73. The third-order valence-electron chi connectivity index (χ3n) is 2.77. The molecular formula is C14H19FN2O3. The van der Waals surface area contributed by atoms with Crippen LogP contribution in [0.3, 0.4) is 0 Å². The number of likely N-dealkylation sites (N-methyl/N-ethyl adjacent to an activating group) is 1. The van der Waals surface area contributed by atoms with Gasteiger partial charge in [0.25, 0.3) is 5.91 Å². The zero-order valence-electron chi connectivity index (χ0n) is 11.7. The average molecular weight is 282 g/mol. The van der Waals surface area contributed by atoms with Crippen LogP contribution in [0.1, 0.15) is 16.8 Å². The Balaban J connectivity index is 2.79. The van der Waals surface area contributed by atoms with Crippen molar-refractivity contribution >= 4 is 11.9 Å². The molecule has 110 valence electrons. The monoisotopic (exact) mass is 282 g/mol. The smallest absolute Gasteiger partial charge is 0.305 e. The maximum absolute atomic E-state index is 13.1. The number of nitrogens with zero attached hydrogens (tertiary/aromatic N) is 2. The molecule has 0 heterocycles. The van der Waals surface area contributed by atoms with E-state index in [1.54, 1.807) is 0 Å². The van der Waals surface area contributed by atoms with E-state index in [2.05, 4.69) is 0 Å². The van der Waals surface area contributed by atoms with E-state index in [9.17, 15) is 14.0 Å². The topological polar surface area (TPSA) is 60.9 Å². The van der Waals surface area contributed by atoms with Gasteiger partial charge in [0, 0.05) is 25.2 Å². The molecule has 0 aliphatic rings. The number of carboxylic acids is 1. The zero-order valence-corrected chi connectivity index (χ0v) is 11.7. The Morgan fingerprint density at radius 1 is 1.20 bits per heavy atom. The van der Waals surface area contributed by atoms with Crippen LogP contribution in [0.5, 0.6) is 0 Å². The lowest BCUT2D eigenvalue weighted by Crippen LogP contribution is -2.38. The van der Waals surface area contributed by atoms with Crippen LogP contribution in [0.2, 0.25) is 0 Å². The van der Waals surface area contributed by atoms with Crippen molar-refractivity contribution in [3.05, 3.63) is 35.6 Å². The average Bonchev–Trinajstić information content (AvgIpc) is 2.37. The second-order valence-electron chi connectivity index (χ2n) is 4.75. The molecule has 1 amide bonds. The van der Waals surface area contributed by atoms with Gasteiger partial charge in [-0.2, -0.15) is 0 Å². The van der Waals surface area contributed by atoms with Gasteiger partial charge in [0.2, 0.25) is 0 Å². The fourth-order valence-electron chi connectivity index (χ4n) is 1.67. The van der Waals surface area contributed by atoms with Gasteiger partial charge in [-0.05, 0) is 32.3 Å². The minimum atomic E-state index is -0.966. The van der Waals surface area contributed by atoms with Gasteiger partial charge in [-0.25, -0.2) is 4.39 Å². The van der Waals surface area contributed by atoms with Crippen LogP contribution in [-0.4, -0.2) is 60.5 Å². The van der Waals surface area contributed by atoms with E-state index in [1.165, 1.54) is 23.1 Å². The summed E-state index contributed by atoms with van der Waals surface area (Å²) in [6.07, 6.45) is -0.130. The van der Waals surface area contributed by atoms with Gasteiger partial charge in [-0.1, -0.05) is 6.07 Å². The lowest BCUT2D eigenvalue weighted by Gasteiger charge is -2.24. The molecule has 1 rings (SSSR count). The Bertz CT molecular complexity index is 477. The van der Waals surface area contributed by atoms with Crippen molar-refractivity contribution in [3.63, 3.8) is 0 Å². The highest BCUT2D eigenvalue weighted by Crippen LogP contribution is 2.08. The second-order valence-corrected chi connectivity index (χ2v) is 4.75. The molecule has 5 nitrogen and oxygen atoms in total. The molecule has 0 unspecified atom stereocenters. The summed E-state index contributed by atoms with van der Waals surface area (Å²) in [5.41, 5.74) is 0.231. The lowest BCUT2D eigenvalue weighted by atomic mass is 10.2. The Hall–Kier alpha value is -1.95. The SMILES string of the molecule is CN(C)CCN(CCC(=O)O)C(=O)c1cccc(F)c1. The third kappa shape index (κ3) is 5.36. The first-order valence-corrected chi connectivity index (χ1v) is 6.31. The molecule has 0 fully saturated rings. The molecule has 0 bridgehead atoms. The van der Waals surface area contributed by atoms with E-state index >= 15 is 0 Å². The van der Waals surface area contributed by atoms with Gasteiger partial charge < -0.3 is 14.9 Å². The number of hydrogen-bond donors (Lipinski definition) is 1. The van der Waals surface area contributed by atoms with Crippen LogP contribution in [0, 0.1) is 5.82 Å². The predicted molar refractivity (Wildman–Crippen MR) is 73.1 cm³/mol. The number of benzene rings is 1. The first-order chi connectivity index (χ1) is 9.40. The quantitative estimate of drug-likeness (QED) is 0.819. The van der Waals surface area contributed by atoms with Gasteiger partial charge in [0.05, 0.1) is 6.42 Å². The van der Waals surface area contributed by atoms with Crippen molar-refractivity contribution in [1.29, 1.82) is 0 Å². The molecule has 1 N–H and O–H groups in total. The number of carboxylic acid groups (broad SMARTS) is 1. The zero-order chi connectivity index (χ0) is 15.1. The third-order valence-corrected chi connectivity index (χ3v) is 2.77. The molecule has 0 saturated carbocycles. The van der Waals surface area contributed by atoms with Crippen molar-refractivity contribution in [1.82, 2.24) is 9.80 Å². The summed E-state index contributed by atoms with van der Waals surface area (Å²) < 4.78 is 13.1. The largest absolute Gasteiger partial charge is 0.481 e. The number of amides is 1. The van der Waals surface area contributed by atoms with Gasteiger partial charge in [0.15, 0.2) is 0 Å². The van der Waals surface area contributed by atoms with Gasteiger partial charge in [-0.3, -0.25) is 9.59 Å². The number of rotatable bonds is 7. The number of halogens is 1. The molecule has 1 aromatic rings. The lowest BCUT2D eigenvalue weighted by molar-refractivity contribution is -0.137. The first-order valence-electron chi connectivity index (χ1n) is 6.31. The van der Waals surface area contributed by atoms with Crippen molar-refractivity contribution in [2.24, 2.45) is 0 Å². The van der Waals surface area contributed by atoms with Gasteiger partial charge in [-0.15, -0.1) is 0 Å². The molecule has 0 aromatic heterocycles. The molecule has 6 heteroatoms. The molecule has 1 aromatic carbocycles. The summed E-state index contributed by atoms with van der Waals surface area (Å²) in [5.74, 6) is -1.80. The highest BCUT2D eigenvalue weighted by atomic mass is 19.1. The molecule has 0 atom stereocenters. The van der Waals surface area contributed by atoms with Crippen molar-refractivity contribution in [2.45, 2.75) is 6.42 Å². The first kappa shape index (κ1) is 16.1. The number of hydrogen-bond acceptors (Lipinski definition) is 3. The number of carbonyl (C=O) groups is 2. The highest BCUT2D eigenvalue weighted by molar-refractivity contribution is 5.94. The minimum absolute atomic E-state index is 0.110.